The van der Waals surface area contributed by atoms with E-state index >= 15 is 0 Å². The Morgan fingerprint density at radius 1 is 1.75 bits per heavy atom. The van der Waals surface area contributed by atoms with Crippen molar-refractivity contribution in [2.75, 3.05) is 19.6 Å². The van der Waals surface area contributed by atoms with Gasteiger partial charge < -0.3 is 5.32 Å². The average molecular weight is 166 g/mol. The summed E-state index contributed by atoms with van der Waals surface area (Å²) in [4.78, 5) is 2.48. The van der Waals surface area contributed by atoms with Gasteiger partial charge in [0.1, 0.15) is 0 Å². The molecule has 2 heteroatoms. The number of nitrogens with one attached hydrogen (secondary N) is 1. The first-order valence-electron chi connectivity index (χ1n) is 4.65. The molecule has 0 aromatic rings. The molecule has 0 aromatic heterocycles. The highest BCUT2D eigenvalue weighted by Gasteiger charge is 2.21. The Bertz CT molecular complexity index is 171. The summed E-state index contributed by atoms with van der Waals surface area (Å²) in [6, 6.07) is 1.16. The third-order valence-corrected chi connectivity index (χ3v) is 2.53. The first-order valence-corrected chi connectivity index (χ1v) is 4.65. The highest BCUT2D eigenvalue weighted by atomic mass is 15.2. The van der Waals surface area contributed by atoms with Gasteiger partial charge >= 0.3 is 0 Å². The fourth-order valence-electron chi connectivity index (χ4n) is 1.80. The standard InChI is InChI=1S/C10H18N2/c1-4-5-9(2)12-7-6-11-8-10(12)3/h1,9-11H,5-8H2,2-3H3. The van der Waals surface area contributed by atoms with Crippen LogP contribution in [0.5, 0.6) is 0 Å². The molecule has 1 rings (SSSR count). The van der Waals surface area contributed by atoms with E-state index in [9.17, 15) is 0 Å². The summed E-state index contributed by atoms with van der Waals surface area (Å²) < 4.78 is 0. The molecule has 0 bridgehead atoms. The molecule has 2 atom stereocenters. The molecule has 1 N–H and O–H groups in total. The molecule has 0 aliphatic carbocycles. The zero-order chi connectivity index (χ0) is 8.97. The zero-order valence-corrected chi connectivity index (χ0v) is 8.01. The summed E-state index contributed by atoms with van der Waals surface area (Å²) in [6.07, 6.45) is 6.15. The predicted octanol–water partition coefficient (Wildman–Crippen LogP) is 0.692. The Balaban J connectivity index is 2.43. The van der Waals surface area contributed by atoms with Gasteiger partial charge in [-0.05, 0) is 13.8 Å². The van der Waals surface area contributed by atoms with E-state index in [4.69, 9.17) is 6.42 Å². The third kappa shape index (κ3) is 2.23. The van der Waals surface area contributed by atoms with Gasteiger partial charge in [0.25, 0.3) is 0 Å². The molecule has 12 heavy (non-hydrogen) atoms. The van der Waals surface area contributed by atoms with Crippen LogP contribution in [0.3, 0.4) is 0 Å². The Morgan fingerprint density at radius 3 is 3.08 bits per heavy atom. The molecule has 1 saturated heterocycles. The number of hydrogen-bond donors (Lipinski definition) is 1. The first kappa shape index (κ1) is 9.57. The van der Waals surface area contributed by atoms with Crippen LogP contribution in [0.1, 0.15) is 20.3 Å². The van der Waals surface area contributed by atoms with Crippen molar-refractivity contribution in [2.45, 2.75) is 32.4 Å². The van der Waals surface area contributed by atoms with Crippen molar-refractivity contribution in [3.8, 4) is 12.3 Å². The first-order chi connectivity index (χ1) is 5.75. The van der Waals surface area contributed by atoms with Crippen LogP contribution in [0.25, 0.3) is 0 Å². The topological polar surface area (TPSA) is 15.3 Å². The van der Waals surface area contributed by atoms with Crippen LogP contribution >= 0.6 is 0 Å². The average Bonchev–Trinajstić information content (AvgIpc) is 2.05. The van der Waals surface area contributed by atoms with Crippen LogP contribution in [-0.4, -0.2) is 36.6 Å². The van der Waals surface area contributed by atoms with Crippen LogP contribution in [0.4, 0.5) is 0 Å². The lowest BCUT2D eigenvalue weighted by atomic mass is 10.1. The SMILES string of the molecule is C#CCC(C)N1CCNCC1C. The smallest absolute Gasteiger partial charge is 0.0240 e. The molecular weight excluding hydrogens is 148 g/mol. The molecule has 1 heterocycles. The quantitative estimate of drug-likeness (QED) is 0.607. The van der Waals surface area contributed by atoms with Gasteiger partial charge in [0, 0.05) is 38.1 Å². The fourth-order valence-corrected chi connectivity index (χ4v) is 1.80. The van der Waals surface area contributed by atoms with Crippen LogP contribution in [-0.2, 0) is 0 Å². The zero-order valence-electron chi connectivity index (χ0n) is 8.01. The lowest BCUT2D eigenvalue weighted by Crippen LogP contribution is -2.53. The van der Waals surface area contributed by atoms with E-state index in [1.54, 1.807) is 0 Å². The van der Waals surface area contributed by atoms with Crippen molar-refractivity contribution in [2.24, 2.45) is 0 Å². The van der Waals surface area contributed by atoms with Crippen molar-refractivity contribution in [1.82, 2.24) is 10.2 Å². The van der Waals surface area contributed by atoms with Crippen molar-refractivity contribution in [3.05, 3.63) is 0 Å². The minimum Gasteiger partial charge on any atom is -0.314 e. The number of piperazine rings is 1. The predicted molar refractivity (Wildman–Crippen MR) is 51.9 cm³/mol. The number of nitrogens with zero attached hydrogens (tertiary/aromatic N) is 1. The van der Waals surface area contributed by atoms with E-state index < -0.39 is 0 Å². The van der Waals surface area contributed by atoms with Crippen LogP contribution in [0, 0.1) is 12.3 Å². The van der Waals surface area contributed by atoms with Crippen LogP contribution in [0.2, 0.25) is 0 Å². The lowest BCUT2D eigenvalue weighted by Gasteiger charge is -2.37. The fraction of sp³-hybridized carbons (Fsp3) is 0.800. The van der Waals surface area contributed by atoms with E-state index in [0.29, 0.717) is 12.1 Å². The Morgan fingerprint density at radius 2 is 2.50 bits per heavy atom. The largest absolute Gasteiger partial charge is 0.314 e. The highest BCUT2D eigenvalue weighted by Crippen LogP contribution is 2.09. The molecule has 1 aliphatic heterocycles. The van der Waals surface area contributed by atoms with Gasteiger partial charge in [-0.2, -0.15) is 0 Å². The van der Waals surface area contributed by atoms with Gasteiger partial charge in [0.15, 0.2) is 0 Å². The van der Waals surface area contributed by atoms with Crippen molar-refractivity contribution >= 4 is 0 Å². The summed E-state index contributed by atoms with van der Waals surface area (Å²) in [6.45, 7) is 7.78. The normalized spacial score (nSPS) is 27.9. The second-order valence-corrected chi connectivity index (χ2v) is 3.55. The molecule has 1 aliphatic rings. The number of hydrogen-bond acceptors (Lipinski definition) is 2. The Kier molecular flexibility index (Phi) is 3.58. The molecule has 0 spiro atoms. The van der Waals surface area contributed by atoms with E-state index in [-0.39, 0.29) is 0 Å². The molecule has 68 valence electrons. The summed E-state index contributed by atoms with van der Waals surface area (Å²) >= 11 is 0. The van der Waals surface area contributed by atoms with Gasteiger partial charge in [-0.1, -0.05) is 0 Å². The molecule has 0 saturated carbocycles. The minimum atomic E-state index is 0.534. The summed E-state index contributed by atoms with van der Waals surface area (Å²) in [5.41, 5.74) is 0. The molecule has 0 amide bonds. The molecule has 0 aromatic carbocycles. The maximum absolute atomic E-state index is 5.29. The lowest BCUT2D eigenvalue weighted by molar-refractivity contribution is 0.128. The van der Waals surface area contributed by atoms with Crippen molar-refractivity contribution in [1.29, 1.82) is 0 Å². The monoisotopic (exact) mass is 166 g/mol. The molecule has 2 nitrogen and oxygen atoms in total. The van der Waals surface area contributed by atoms with E-state index in [1.165, 1.54) is 0 Å². The maximum Gasteiger partial charge on any atom is 0.0240 e. The van der Waals surface area contributed by atoms with Crippen molar-refractivity contribution < 1.29 is 0 Å². The van der Waals surface area contributed by atoms with E-state index in [2.05, 4.69) is 30.0 Å². The Labute approximate surface area is 75.3 Å². The number of rotatable bonds is 2. The van der Waals surface area contributed by atoms with E-state index in [1.807, 2.05) is 0 Å². The van der Waals surface area contributed by atoms with Crippen molar-refractivity contribution in [3.63, 3.8) is 0 Å². The highest BCUT2D eigenvalue weighted by molar-refractivity contribution is 4.91. The third-order valence-electron chi connectivity index (χ3n) is 2.53. The van der Waals surface area contributed by atoms with Gasteiger partial charge in [0.2, 0.25) is 0 Å². The second-order valence-electron chi connectivity index (χ2n) is 3.55. The minimum absolute atomic E-state index is 0.534. The molecule has 2 unspecified atom stereocenters. The second kappa shape index (κ2) is 4.49. The summed E-state index contributed by atoms with van der Waals surface area (Å²) in [5, 5.41) is 3.37. The van der Waals surface area contributed by atoms with Gasteiger partial charge in [0.05, 0.1) is 0 Å². The molecule has 1 fully saturated rings. The summed E-state index contributed by atoms with van der Waals surface area (Å²) in [7, 11) is 0. The van der Waals surface area contributed by atoms with Gasteiger partial charge in [-0.15, -0.1) is 12.3 Å². The van der Waals surface area contributed by atoms with Gasteiger partial charge in [-0.25, -0.2) is 0 Å². The van der Waals surface area contributed by atoms with E-state index in [0.717, 1.165) is 26.1 Å². The maximum atomic E-state index is 5.29. The summed E-state index contributed by atoms with van der Waals surface area (Å²) in [5.74, 6) is 2.72. The Hall–Kier alpha value is -0.520. The van der Waals surface area contributed by atoms with Gasteiger partial charge in [-0.3, -0.25) is 4.90 Å². The molecule has 0 radical (unpaired) electrons. The van der Waals surface area contributed by atoms with Crippen LogP contribution < -0.4 is 5.32 Å². The van der Waals surface area contributed by atoms with Crippen LogP contribution in [0.15, 0.2) is 0 Å². The molecular formula is C10H18N2. The number of terminal acetylenes is 1.